The van der Waals surface area contributed by atoms with Crippen molar-refractivity contribution in [3.8, 4) is 0 Å². The number of carboxylic acids is 1. The molecule has 0 radical (unpaired) electrons. The first kappa shape index (κ1) is 26.7. The first-order chi connectivity index (χ1) is 17.0. The number of nitrogens with one attached hydrogen (secondary N) is 1. The molecular formula is C22H18Cl3N2O7PS. The van der Waals surface area contributed by atoms with Crippen LogP contribution in [0.4, 0.5) is 4.79 Å². The van der Waals surface area contributed by atoms with E-state index >= 15 is 0 Å². The molecule has 9 nitrogen and oxygen atoms in total. The van der Waals surface area contributed by atoms with Crippen LogP contribution in [-0.4, -0.2) is 55.5 Å². The van der Waals surface area contributed by atoms with E-state index in [0.717, 1.165) is 16.7 Å². The van der Waals surface area contributed by atoms with Crippen molar-refractivity contribution in [3.05, 3.63) is 72.1 Å². The van der Waals surface area contributed by atoms with Crippen LogP contribution >= 0.6 is 53.9 Å². The van der Waals surface area contributed by atoms with Crippen molar-refractivity contribution >= 4 is 82.5 Å². The van der Waals surface area contributed by atoms with Gasteiger partial charge in [-0.2, -0.15) is 0 Å². The molecule has 0 bridgehead atoms. The molecule has 0 spiro atoms. The minimum Gasteiger partial charge on any atom is -0.476 e. The van der Waals surface area contributed by atoms with E-state index in [-0.39, 0.29) is 11.5 Å². The number of thioether (sulfide) groups is 1. The largest absolute Gasteiger partial charge is 0.476 e. The van der Waals surface area contributed by atoms with Gasteiger partial charge in [-0.15, -0.1) is 11.8 Å². The topological polar surface area (TPSA) is 122 Å². The molecule has 14 heteroatoms. The lowest BCUT2D eigenvalue weighted by molar-refractivity contribution is -0.149. The van der Waals surface area contributed by atoms with Gasteiger partial charge in [-0.1, -0.05) is 71.2 Å². The molecular weight excluding hydrogens is 574 g/mol. The summed E-state index contributed by atoms with van der Waals surface area (Å²) in [5, 5.41) is 12.3. The van der Waals surface area contributed by atoms with E-state index in [1.54, 1.807) is 60.7 Å². The van der Waals surface area contributed by atoms with Gasteiger partial charge in [0.15, 0.2) is 5.70 Å². The lowest BCUT2D eigenvalue weighted by Crippen LogP contribution is -2.70. The summed E-state index contributed by atoms with van der Waals surface area (Å²) >= 11 is 17.8. The van der Waals surface area contributed by atoms with E-state index in [0.29, 0.717) is 10.6 Å². The van der Waals surface area contributed by atoms with Crippen molar-refractivity contribution in [3.63, 3.8) is 0 Å². The number of aliphatic carboxylic acids is 1. The van der Waals surface area contributed by atoms with Gasteiger partial charge in [-0.25, -0.2) is 9.59 Å². The lowest BCUT2D eigenvalue weighted by atomic mass is 10.1. The van der Waals surface area contributed by atoms with E-state index in [2.05, 4.69) is 5.32 Å². The van der Waals surface area contributed by atoms with Gasteiger partial charge in [0.05, 0.1) is 16.4 Å². The maximum Gasteiger partial charge on any atom is 0.408 e. The fourth-order valence-corrected chi connectivity index (χ4v) is 7.24. The Morgan fingerprint density at radius 2 is 1.64 bits per heavy atom. The molecule has 1 saturated heterocycles. The number of benzene rings is 2. The number of alkyl carbamates (subject to hydrolysis) is 1. The lowest BCUT2D eigenvalue weighted by Gasteiger charge is -2.48. The van der Waals surface area contributed by atoms with Crippen LogP contribution in [0.1, 0.15) is 0 Å². The summed E-state index contributed by atoms with van der Waals surface area (Å²) < 4.78 is 23.2. The predicted molar refractivity (Wildman–Crippen MR) is 137 cm³/mol. The van der Waals surface area contributed by atoms with Crippen LogP contribution in [0, 0.1) is 0 Å². The van der Waals surface area contributed by atoms with Gasteiger partial charge in [0.1, 0.15) is 23.8 Å². The van der Waals surface area contributed by atoms with E-state index in [4.69, 9.17) is 44.1 Å². The third-order valence-electron chi connectivity index (χ3n) is 5.21. The Kier molecular flexibility index (Phi) is 7.83. The average molecular weight is 592 g/mol. The summed E-state index contributed by atoms with van der Waals surface area (Å²) in [6, 6.07) is 15.8. The summed E-state index contributed by atoms with van der Waals surface area (Å²) in [4.78, 5) is 38.1. The Hall–Kier alpha value is -2.36. The zero-order valence-corrected chi connectivity index (χ0v) is 22.2. The van der Waals surface area contributed by atoms with Crippen LogP contribution in [-0.2, 0) is 23.4 Å². The van der Waals surface area contributed by atoms with Crippen molar-refractivity contribution in [1.29, 1.82) is 0 Å². The third kappa shape index (κ3) is 5.48. The number of carboxylic acid groups (broad SMARTS) is 1. The van der Waals surface area contributed by atoms with Gasteiger partial charge in [0.2, 0.25) is 3.79 Å². The molecule has 0 aliphatic carbocycles. The molecule has 2 aliphatic heterocycles. The van der Waals surface area contributed by atoms with Gasteiger partial charge in [0.25, 0.3) is 5.91 Å². The average Bonchev–Trinajstić information content (AvgIpc) is 2.86. The first-order valence-electron chi connectivity index (χ1n) is 10.3. The second-order valence-corrected chi connectivity index (χ2v) is 13.6. The zero-order valence-electron chi connectivity index (χ0n) is 18.2. The quantitative estimate of drug-likeness (QED) is 0.285. The number of fused-ring (bicyclic) bond motifs is 1. The molecule has 4 rings (SSSR count). The number of carbonyl (C=O) groups excluding carboxylic acids is 2. The normalized spacial score (nSPS) is 19.8. The summed E-state index contributed by atoms with van der Waals surface area (Å²) in [5.41, 5.74) is -0.441. The number of hydrogen-bond donors (Lipinski definition) is 2. The number of alkyl halides is 3. The fraction of sp³-hybridized carbons (Fsp3) is 0.227. The van der Waals surface area contributed by atoms with E-state index in [9.17, 15) is 24.1 Å². The molecule has 36 heavy (non-hydrogen) atoms. The molecule has 2 heterocycles. The highest BCUT2D eigenvalue weighted by Crippen LogP contribution is 2.50. The van der Waals surface area contributed by atoms with Crippen molar-refractivity contribution < 1.29 is 33.3 Å². The van der Waals surface area contributed by atoms with Gasteiger partial charge in [-0.3, -0.25) is 14.3 Å². The standard InChI is InChI=1S/C22H18Cl3N2O7PS/c23-22(24,25)12-33-21(31)26-16-18(28)27-17(20(29)30)15(11-36-19(16)27)34-35(32,13-7-3-1-4-8-13)14-9-5-2-6-10-14/h1-10,16,19H,11-12H2,(H,26,31)(H,29,30)/t16-,19+/m1/s1. The third-order valence-corrected chi connectivity index (χ3v) is 9.22. The number of hydrogen-bond acceptors (Lipinski definition) is 7. The van der Waals surface area contributed by atoms with Crippen molar-refractivity contribution in [2.24, 2.45) is 0 Å². The Morgan fingerprint density at radius 3 is 2.14 bits per heavy atom. The van der Waals surface area contributed by atoms with Crippen LogP contribution in [0.3, 0.4) is 0 Å². The van der Waals surface area contributed by atoms with E-state index in [1.165, 1.54) is 0 Å². The monoisotopic (exact) mass is 590 g/mol. The van der Waals surface area contributed by atoms with Crippen LogP contribution < -0.4 is 15.9 Å². The van der Waals surface area contributed by atoms with Gasteiger partial charge in [0, 0.05) is 0 Å². The Labute approximate surface area is 225 Å². The number of rotatable bonds is 7. The minimum atomic E-state index is -3.77. The second kappa shape index (κ2) is 10.6. The highest BCUT2D eigenvalue weighted by Gasteiger charge is 2.55. The number of ether oxygens (including phenoxy) is 1. The maximum absolute atomic E-state index is 14.2. The van der Waals surface area contributed by atoms with Crippen molar-refractivity contribution in [2.75, 3.05) is 12.4 Å². The number of amides is 2. The maximum atomic E-state index is 14.2. The van der Waals surface area contributed by atoms with E-state index < -0.39 is 52.9 Å². The Bertz CT molecular complexity index is 1210. The summed E-state index contributed by atoms with van der Waals surface area (Å²) in [6.45, 7) is -0.543. The van der Waals surface area contributed by atoms with Crippen molar-refractivity contribution in [2.45, 2.75) is 15.2 Å². The zero-order chi connectivity index (χ0) is 26.1. The second-order valence-electron chi connectivity index (χ2n) is 7.61. The van der Waals surface area contributed by atoms with Crippen LogP contribution in [0.5, 0.6) is 0 Å². The van der Waals surface area contributed by atoms with Crippen molar-refractivity contribution in [1.82, 2.24) is 10.2 Å². The Morgan fingerprint density at radius 1 is 1.08 bits per heavy atom. The highest BCUT2D eigenvalue weighted by atomic mass is 35.6. The number of halogens is 3. The molecule has 190 valence electrons. The van der Waals surface area contributed by atoms with Crippen LogP contribution in [0.2, 0.25) is 0 Å². The molecule has 0 aromatic heterocycles. The Balaban J connectivity index is 1.61. The van der Waals surface area contributed by atoms with E-state index in [1.807, 2.05) is 0 Å². The van der Waals surface area contributed by atoms with Gasteiger partial charge >= 0.3 is 19.4 Å². The van der Waals surface area contributed by atoms with Gasteiger partial charge in [-0.05, 0) is 24.3 Å². The molecule has 2 aromatic rings. The molecule has 0 unspecified atom stereocenters. The minimum absolute atomic E-state index is 0.0128. The summed E-state index contributed by atoms with van der Waals surface area (Å²) in [7, 11) is -3.77. The SMILES string of the molecule is O=C(N[C@@H]1C(=O)N2C(C(=O)O)=C(OP(=O)(c3ccccc3)c3ccccc3)CS[C@@H]12)OCC(Cl)(Cl)Cl. The summed E-state index contributed by atoms with van der Waals surface area (Å²) in [6.07, 6.45) is -1.000. The number of carbonyl (C=O) groups is 3. The van der Waals surface area contributed by atoms with Crippen LogP contribution in [0.25, 0.3) is 0 Å². The molecule has 2 amide bonds. The fourth-order valence-electron chi connectivity index (χ4n) is 3.64. The molecule has 1 fully saturated rings. The first-order valence-corrected chi connectivity index (χ1v) is 14.1. The number of nitrogens with zero attached hydrogens (tertiary/aromatic N) is 1. The molecule has 2 N–H and O–H groups in total. The molecule has 2 aliphatic rings. The highest BCUT2D eigenvalue weighted by molar-refractivity contribution is 8.00. The molecule has 2 aromatic carbocycles. The number of β-lactam (4-membered cyclic amide) rings is 1. The van der Waals surface area contributed by atoms with Crippen LogP contribution in [0.15, 0.2) is 72.1 Å². The predicted octanol–water partition coefficient (Wildman–Crippen LogP) is 3.61. The van der Waals surface area contributed by atoms with Gasteiger partial charge < -0.3 is 19.7 Å². The molecule has 0 saturated carbocycles. The smallest absolute Gasteiger partial charge is 0.408 e. The molecule has 2 atom stereocenters. The summed E-state index contributed by atoms with van der Waals surface area (Å²) in [5.74, 6) is -2.27.